The fourth-order valence-electron chi connectivity index (χ4n) is 4.88. The molecule has 4 nitrogen and oxygen atoms in total. The first-order valence-corrected chi connectivity index (χ1v) is 11.2. The third-order valence-corrected chi connectivity index (χ3v) is 6.93. The van der Waals surface area contributed by atoms with Crippen LogP contribution in [0.2, 0.25) is 0 Å². The second-order valence-corrected chi connectivity index (χ2v) is 8.87. The van der Waals surface area contributed by atoms with Crippen molar-refractivity contribution < 1.29 is 9.59 Å². The summed E-state index contributed by atoms with van der Waals surface area (Å²) in [6, 6.07) is 7.63. The number of anilines is 1. The fourth-order valence-corrected chi connectivity index (χ4v) is 4.88. The van der Waals surface area contributed by atoms with E-state index in [0.717, 1.165) is 18.0 Å². The highest BCUT2D eigenvalue weighted by Gasteiger charge is 2.26. The molecule has 2 fully saturated rings. The lowest BCUT2D eigenvalue weighted by Crippen LogP contribution is -2.40. The van der Waals surface area contributed by atoms with Gasteiger partial charge in [-0.1, -0.05) is 44.9 Å². The number of hydrogen-bond donors (Lipinski definition) is 1. The number of carbonyl (C=O) groups is 2. The van der Waals surface area contributed by atoms with Crippen LogP contribution in [0, 0.1) is 11.8 Å². The van der Waals surface area contributed by atoms with E-state index in [1.165, 1.54) is 57.8 Å². The van der Waals surface area contributed by atoms with E-state index in [0.29, 0.717) is 17.9 Å². The van der Waals surface area contributed by atoms with Gasteiger partial charge in [-0.3, -0.25) is 9.59 Å². The van der Waals surface area contributed by atoms with E-state index < -0.39 is 0 Å². The molecule has 154 valence electrons. The Morgan fingerprint density at radius 3 is 2.25 bits per heavy atom. The molecule has 2 aliphatic rings. The van der Waals surface area contributed by atoms with E-state index in [1.54, 1.807) is 0 Å². The molecule has 1 aromatic rings. The predicted octanol–water partition coefficient (Wildman–Crippen LogP) is 5.64. The Balaban J connectivity index is 1.49. The Kier molecular flexibility index (Phi) is 7.52. The second kappa shape index (κ2) is 10.1. The molecule has 4 heteroatoms. The molecule has 0 spiro atoms. The van der Waals surface area contributed by atoms with Crippen molar-refractivity contribution in [3.8, 4) is 0 Å². The molecule has 1 atom stereocenters. The van der Waals surface area contributed by atoms with Gasteiger partial charge in [0.15, 0.2) is 0 Å². The minimum atomic E-state index is 0.0668. The molecule has 2 saturated carbocycles. The minimum absolute atomic E-state index is 0.0668. The van der Waals surface area contributed by atoms with Crippen molar-refractivity contribution in [1.29, 1.82) is 0 Å². The van der Waals surface area contributed by atoms with E-state index in [4.69, 9.17) is 0 Å². The molecule has 1 aromatic carbocycles. The summed E-state index contributed by atoms with van der Waals surface area (Å²) in [6.45, 7) is 2.17. The van der Waals surface area contributed by atoms with Crippen LogP contribution in [-0.4, -0.2) is 29.8 Å². The second-order valence-electron chi connectivity index (χ2n) is 8.87. The summed E-state index contributed by atoms with van der Waals surface area (Å²) in [6.07, 6.45) is 13.1. The van der Waals surface area contributed by atoms with Crippen molar-refractivity contribution in [2.45, 2.75) is 83.6 Å². The average molecular weight is 385 g/mol. The van der Waals surface area contributed by atoms with Crippen molar-refractivity contribution in [2.24, 2.45) is 11.8 Å². The molecule has 0 unspecified atom stereocenters. The zero-order valence-electron chi connectivity index (χ0n) is 17.6. The Labute approximate surface area is 170 Å². The molecule has 0 heterocycles. The van der Waals surface area contributed by atoms with E-state index in [-0.39, 0.29) is 17.9 Å². The standard InChI is InChI=1S/C24H36N2O2/c1-18(20-10-4-3-5-11-20)26(2)24(28)21-13-15-22(16-14-21)25-23(27)17-12-19-8-6-7-9-19/h13-16,18-20H,3-12,17H2,1-2H3,(H,25,27)/t18-/m1/s1. The summed E-state index contributed by atoms with van der Waals surface area (Å²) in [5, 5.41) is 2.97. The van der Waals surface area contributed by atoms with Gasteiger partial charge in [-0.15, -0.1) is 0 Å². The molecule has 3 rings (SSSR count). The third-order valence-electron chi connectivity index (χ3n) is 6.93. The van der Waals surface area contributed by atoms with Crippen LogP contribution in [0.4, 0.5) is 5.69 Å². The molecule has 0 aliphatic heterocycles. The first kappa shape index (κ1) is 20.9. The molecule has 2 amide bonds. The summed E-state index contributed by atoms with van der Waals surface area (Å²) in [4.78, 5) is 26.9. The number of nitrogens with one attached hydrogen (secondary N) is 1. The number of nitrogens with zero attached hydrogens (tertiary/aromatic N) is 1. The van der Waals surface area contributed by atoms with Gasteiger partial charge in [0.05, 0.1) is 0 Å². The van der Waals surface area contributed by atoms with Crippen LogP contribution >= 0.6 is 0 Å². The summed E-state index contributed by atoms with van der Waals surface area (Å²) in [5.74, 6) is 1.49. The van der Waals surface area contributed by atoms with Crippen molar-refractivity contribution >= 4 is 17.5 Å². The van der Waals surface area contributed by atoms with Crippen molar-refractivity contribution in [3.63, 3.8) is 0 Å². The first-order valence-electron chi connectivity index (χ1n) is 11.2. The Morgan fingerprint density at radius 1 is 1.00 bits per heavy atom. The van der Waals surface area contributed by atoms with Crippen molar-refractivity contribution in [3.05, 3.63) is 29.8 Å². The van der Waals surface area contributed by atoms with Crippen molar-refractivity contribution in [2.75, 3.05) is 12.4 Å². The van der Waals surface area contributed by atoms with Gasteiger partial charge in [-0.25, -0.2) is 0 Å². The molecular weight excluding hydrogens is 348 g/mol. The lowest BCUT2D eigenvalue weighted by molar-refractivity contribution is -0.116. The molecule has 0 saturated heterocycles. The molecule has 1 N–H and O–H groups in total. The maximum Gasteiger partial charge on any atom is 0.253 e. The summed E-state index contributed by atoms with van der Waals surface area (Å²) in [7, 11) is 1.92. The highest BCUT2D eigenvalue weighted by atomic mass is 16.2. The number of rotatable bonds is 7. The lowest BCUT2D eigenvalue weighted by atomic mass is 9.84. The Hall–Kier alpha value is -1.84. The topological polar surface area (TPSA) is 49.4 Å². The average Bonchev–Trinajstić information content (AvgIpc) is 3.25. The molecule has 28 heavy (non-hydrogen) atoms. The molecule has 0 aromatic heterocycles. The van der Waals surface area contributed by atoms with Crippen LogP contribution in [0.3, 0.4) is 0 Å². The number of carbonyl (C=O) groups excluding carboxylic acids is 2. The first-order chi connectivity index (χ1) is 13.5. The molecular formula is C24H36N2O2. The summed E-state index contributed by atoms with van der Waals surface area (Å²) in [5.41, 5.74) is 1.46. The Bertz CT molecular complexity index is 643. The zero-order chi connectivity index (χ0) is 19.9. The highest BCUT2D eigenvalue weighted by molar-refractivity contribution is 5.95. The lowest BCUT2D eigenvalue weighted by Gasteiger charge is -2.34. The SMILES string of the molecule is C[C@H](C1CCCCC1)N(C)C(=O)c1ccc(NC(=O)CCC2CCCC2)cc1. The molecule has 2 aliphatic carbocycles. The van der Waals surface area contributed by atoms with Crippen LogP contribution in [0.1, 0.15) is 87.9 Å². The van der Waals surface area contributed by atoms with Crippen molar-refractivity contribution in [1.82, 2.24) is 4.90 Å². The minimum Gasteiger partial charge on any atom is -0.339 e. The van der Waals surface area contributed by atoms with Gasteiger partial charge < -0.3 is 10.2 Å². The van der Waals surface area contributed by atoms with E-state index in [1.807, 2.05) is 36.2 Å². The van der Waals surface area contributed by atoms with E-state index in [9.17, 15) is 9.59 Å². The quantitative estimate of drug-likeness (QED) is 0.662. The third kappa shape index (κ3) is 5.59. The monoisotopic (exact) mass is 384 g/mol. The summed E-state index contributed by atoms with van der Waals surface area (Å²) < 4.78 is 0. The van der Waals surface area contributed by atoms with Gasteiger partial charge in [-0.2, -0.15) is 0 Å². The molecule has 0 bridgehead atoms. The van der Waals surface area contributed by atoms with Gasteiger partial charge in [-0.05, 0) is 62.3 Å². The Morgan fingerprint density at radius 2 is 1.61 bits per heavy atom. The van der Waals surface area contributed by atoms with Crippen LogP contribution in [0.5, 0.6) is 0 Å². The van der Waals surface area contributed by atoms with E-state index >= 15 is 0 Å². The number of benzene rings is 1. The van der Waals surface area contributed by atoms with Gasteiger partial charge in [0.1, 0.15) is 0 Å². The van der Waals surface area contributed by atoms with Crippen LogP contribution in [0.25, 0.3) is 0 Å². The summed E-state index contributed by atoms with van der Waals surface area (Å²) >= 11 is 0. The maximum atomic E-state index is 12.9. The fraction of sp³-hybridized carbons (Fsp3) is 0.667. The van der Waals surface area contributed by atoms with Gasteiger partial charge >= 0.3 is 0 Å². The highest BCUT2D eigenvalue weighted by Crippen LogP contribution is 2.30. The van der Waals surface area contributed by atoms with Gasteiger partial charge in [0.2, 0.25) is 5.91 Å². The van der Waals surface area contributed by atoms with Gasteiger partial charge in [0, 0.05) is 30.8 Å². The maximum absolute atomic E-state index is 12.9. The van der Waals surface area contributed by atoms with E-state index in [2.05, 4.69) is 12.2 Å². The normalized spacial score (nSPS) is 19.4. The largest absolute Gasteiger partial charge is 0.339 e. The zero-order valence-corrected chi connectivity index (χ0v) is 17.6. The van der Waals surface area contributed by atoms with Crippen LogP contribution in [-0.2, 0) is 4.79 Å². The number of hydrogen-bond acceptors (Lipinski definition) is 2. The van der Waals surface area contributed by atoms with Crippen LogP contribution in [0.15, 0.2) is 24.3 Å². The number of amides is 2. The van der Waals surface area contributed by atoms with Crippen LogP contribution < -0.4 is 5.32 Å². The van der Waals surface area contributed by atoms with Gasteiger partial charge in [0.25, 0.3) is 5.91 Å². The smallest absolute Gasteiger partial charge is 0.253 e. The molecule has 0 radical (unpaired) electrons. The predicted molar refractivity (Wildman–Crippen MR) is 114 cm³/mol.